The third-order valence-corrected chi connectivity index (χ3v) is 5.21. The van der Waals surface area contributed by atoms with Crippen molar-refractivity contribution in [3.8, 4) is 0 Å². The fraction of sp³-hybridized carbons (Fsp3) is 0.714. The van der Waals surface area contributed by atoms with E-state index in [-0.39, 0.29) is 0 Å². The van der Waals surface area contributed by atoms with Crippen molar-refractivity contribution >= 4 is 11.3 Å². The Bertz CT molecular complexity index is 323. The van der Waals surface area contributed by atoms with E-state index in [1.54, 1.807) is 0 Å². The predicted molar refractivity (Wildman–Crippen MR) is 75.3 cm³/mol. The quantitative estimate of drug-likeness (QED) is 0.871. The van der Waals surface area contributed by atoms with E-state index >= 15 is 0 Å². The number of nitrogens with zero attached hydrogens (tertiary/aromatic N) is 1. The molecule has 1 heterocycles. The van der Waals surface area contributed by atoms with Crippen molar-refractivity contribution in [1.82, 2.24) is 4.90 Å². The zero-order valence-corrected chi connectivity index (χ0v) is 11.7. The summed E-state index contributed by atoms with van der Waals surface area (Å²) in [6.07, 6.45) is 3.99. The van der Waals surface area contributed by atoms with Gasteiger partial charge in [-0.2, -0.15) is 0 Å². The fourth-order valence-corrected chi connectivity index (χ4v) is 4.02. The first-order chi connectivity index (χ1) is 8.27. The van der Waals surface area contributed by atoms with Crippen molar-refractivity contribution < 1.29 is 0 Å². The molecule has 1 aromatic rings. The topological polar surface area (TPSA) is 29.3 Å². The van der Waals surface area contributed by atoms with Crippen LogP contribution in [0.1, 0.15) is 44.0 Å². The maximum Gasteiger partial charge on any atom is 0.0416 e. The fourth-order valence-electron chi connectivity index (χ4n) is 3.22. The number of nitrogens with two attached hydrogens (primary N) is 1. The zero-order valence-electron chi connectivity index (χ0n) is 10.9. The van der Waals surface area contributed by atoms with Gasteiger partial charge in [-0.15, -0.1) is 11.3 Å². The number of rotatable bonds is 5. The van der Waals surface area contributed by atoms with Crippen LogP contribution in [0.3, 0.4) is 0 Å². The molecule has 0 aromatic carbocycles. The molecule has 0 bridgehead atoms. The van der Waals surface area contributed by atoms with E-state index in [9.17, 15) is 0 Å². The first-order valence-corrected chi connectivity index (χ1v) is 7.65. The van der Waals surface area contributed by atoms with Gasteiger partial charge >= 0.3 is 0 Å². The molecule has 0 aliphatic heterocycles. The second-order valence-electron chi connectivity index (χ2n) is 5.02. The van der Waals surface area contributed by atoms with Crippen molar-refractivity contribution in [3.05, 3.63) is 22.4 Å². The van der Waals surface area contributed by atoms with Gasteiger partial charge in [-0.25, -0.2) is 0 Å². The molecule has 1 aliphatic carbocycles. The Hall–Kier alpha value is -0.380. The summed E-state index contributed by atoms with van der Waals surface area (Å²) in [5.41, 5.74) is 5.91. The van der Waals surface area contributed by atoms with Crippen LogP contribution in [-0.2, 0) is 0 Å². The Labute approximate surface area is 109 Å². The summed E-state index contributed by atoms with van der Waals surface area (Å²) in [6.45, 7) is 6.58. The second-order valence-corrected chi connectivity index (χ2v) is 6.00. The summed E-state index contributed by atoms with van der Waals surface area (Å²) in [7, 11) is 0. The largest absolute Gasteiger partial charge is 0.330 e. The van der Waals surface area contributed by atoms with Crippen LogP contribution in [0.5, 0.6) is 0 Å². The van der Waals surface area contributed by atoms with Crippen molar-refractivity contribution in [2.45, 2.75) is 45.2 Å². The van der Waals surface area contributed by atoms with Crippen molar-refractivity contribution in [2.24, 2.45) is 11.7 Å². The molecule has 1 fully saturated rings. The van der Waals surface area contributed by atoms with Crippen LogP contribution in [0.15, 0.2) is 17.5 Å². The minimum Gasteiger partial charge on any atom is -0.330 e. The molecule has 0 spiro atoms. The standard InChI is InChI=1S/C14H24N2S/c1-3-16(11(2)14-8-5-9-17-14)13-7-4-6-12(13)10-15/h5,8-9,11-13H,3-4,6-7,10,15H2,1-2H3. The van der Waals surface area contributed by atoms with Gasteiger partial charge in [-0.3, -0.25) is 4.90 Å². The maximum atomic E-state index is 5.91. The van der Waals surface area contributed by atoms with E-state index in [1.165, 1.54) is 24.1 Å². The Morgan fingerprint density at radius 2 is 2.35 bits per heavy atom. The van der Waals surface area contributed by atoms with Crippen LogP contribution in [0.25, 0.3) is 0 Å². The summed E-state index contributed by atoms with van der Waals surface area (Å²) in [6, 6.07) is 5.64. The molecule has 3 unspecified atom stereocenters. The van der Waals surface area contributed by atoms with Gasteiger partial charge in [0.15, 0.2) is 0 Å². The summed E-state index contributed by atoms with van der Waals surface area (Å²) < 4.78 is 0. The van der Waals surface area contributed by atoms with E-state index in [0.717, 1.165) is 13.1 Å². The van der Waals surface area contributed by atoms with Gasteiger partial charge < -0.3 is 5.73 Å². The molecule has 3 atom stereocenters. The Morgan fingerprint density at radius 1 is 1.53 bits per heavy atom. The third-order valence-electron chi connectivity index (χ3n) is 4.17. The van der Waals surface area contributed by atoms with Gasteiger partial charge in [0.05, 0.1) is 0 Å². The van der Waals surface area contributed by atoms with Crippen LogP contribution < -0.4 is 5.73 Å². The van der Waals surface area contributed by atoms with Crippen molar-refractivity contribution in [1.29, 1.82) is 0 Å². The number of hydrogen-bond donors (Lipinski definition) is 1. The lowest BCUT2D eigenvalue weighted by Crippen LogP contribution is -2.41. The Morgan fingerprint density at radius 3 is 2.94 bits per heavy atom. The molecular formula is C14H24N2S. The molecule has 0 radical (unpaired) electrons. The predicted octanol–water partition coefficient (Wildman–Crippen LogP) is 3.26. The molecule has 1 saturated carbocycles. The molecule has 17 heavy (non-hydrogen) atoms. The molecule has 2 nitrogen and oxygen atoms in total. The Balaban J connectivity index is 2.10. The second kappa shape index (κ2) is 5.98. The van der Waals surface area contributed by atoms with Gasteiger partial charge in [-0.1, -0.05) is 19.4 Å². The molecule has 1 aromatic heterocycles. The normalized spacial score (nSPS) is 26.6. The van der Waals surface area contributed by atoms with E-state index in [1.807, 2.05) is 11.3 Å². The summed E-state index contributed by atoms with van der Waals surface area (Å²) in [4.78, 5) is 4.13. The molecule has 0 amide bonds. The highest BCUT2D eigenvalue weighted by Gasteiger charge is 2.33. The van der Waals surface area contributed by atoms with E-state index < -0.39 is 0 Å². The summed E-state index contributed by atoms with van der Waals surface area (Å²) >= 11 is 1.87. The zero-order chi connectivity index (χ0) is 12.3. The van der Waals surface area contributed by atoms with Gasteiger partial charge in [0, 0.05) is 17.0 Å². The highest BCUT2D eigenvalue weighted by molar-refractivity contribution is 7.10. The first-order valence-electron chi connectivity index (χ1n) is 6.77. The number of thiophene rings is 1. The van der Waals surface area contributed by atoms with Crippen LogP contribution >= 0.6 is 11.3 Å². The number of hydrogen-bond acceptors (Lipinski definition) is 3. The van der Waals surface area contributed by atoms with Gasteiger partial charge in [0.2, 0.25) is 0 Å². The van der Waals surface area contributed by atoms with Crippen molar-refractivity contribution in [2.75, 3.05) is 13.1 Å². The Kier molecular flexibility index (Phi) is 4.60. The molecular weight excluding hydrogens is 228 g/mol. The lowest BCUT2D eigenvalue weighted by molar-refractivity contribution is 0.125. The SMILES string of the molecule is CCN(C(C)c1cccs1)C1CCCC1CN. The van der Waals surface area contributed by atoms with Crippen molar-refractivity contribution in [3.63, 3.8) is 0 Å². The van der Waals surface area contributed by atoms with E-state index in [0.29, 0.717) is 18.0 Å². The van der Waals surface area contributed by atoms with Crippen LogP contribution in [0.2, 0.25) is 0 Å². The lowest BCUT2D eigenvalue weighted by atomic mass is 10.0. The molecule has 3 heteroatoms. The van der Waals surface area contributed by atoms with Crippen LogP contribution in [0, 0.1) is 5.92 Å². The van der Waals surface area contributed by atoms with Crippen LogP contribution in [-0.4, -0.2) is 24.0 Å². The van der Waals surface area contributed by atoms with E-state index in [2.05, 4.69) is 36.3 Å². The highest BCUT2D eigenvalue weighted by Crippen LogP contribution is 2.35. The molecule has 2 rings (SSSR count). The molecule has 96 valence electrons. The molecule has 0 saturated heterocycles. The van der Waals surface area contributed by atoms with Gasteiger partial charge in [0.1, 0.15) is 0 Å². The average Bonchev–Trinajstić information content (AvgIpc) is 3.01. The lowest BCUT2D eigenvalue weighted by Gasteiger charge is -2.36. The third kappa shape index (κ3) is 2.72. The monoisotopic (exact) mass is 252 g/mol. The maximum absolute atomic E-state index is 5.91. The smallest absolute Gasteiger partial charge is 0.0416 e. The summed E-state index contributed by atoms with van der Waals surface area (Å²) in [5.74, 6) is 0.706. The van der Waals surface area contributed by atoms with Gasteiger partial charge in [-0.05, 0) is 50.2 Å². The minimum absolute atomic E-state index is 0.539. The highest BCUT2D eigenvalue weighted by atomic mass is 32.1. The average molecular weight is 252 g/mol. The van der Waals surface area contributed by atoms with Crippen LogP contribution in [0.4, 0.5) is 0 Å². The van der Waals surface area contributed by atoms with E-state index in [4.69, 9.17) is 5.73 Å². The molecule has 2 N–H and O–H groups in total. The first kappa shape index (κ1) is 13.1. The minimum atomic E-state index is 0.539. The van der Waals surface area contributed by atoms with Gasteiger partial charge in [0.25, 0.3) is 0 Å². The summed E-state index contributed by atoms with van der Waals surface area (Å²) in [5, 5.41) is 2.18. The molecule has 1 aliphatic rings.